The number of benzene rings is 1. The monoisotopic (exact) mass is 331 g/mol. The first-order valence-corrected chi connectivity index (χ1v) is 6.67. The van der Waals surface area contributed by atoms with Gasteiger partial charge in [-0.3, -0.25) is 4.79 Å². The van der Waals surface area contributed by atoms with E-state index in [1.165, 1.54) is 14.7 Å². The van der Waals surface area contributed by atoms with Gasteiger partial charge in [0.05, 0.1) is 0 Å². The number of unbranched alkanes of at least 4 members (excludes halogenated alkanes) is 1. The number of hydrogen-bond acceptors (Lipinski definition) is 1. The van der Waals surface area contributed by atoms with E-state index in [9.17, 15) is 4.79 Å². The molecule has 0 heterocycles. The Bertz CT molecular complexity index is 363. The standard InChI is InChI=1S/C13H18INO/c1-10-9-11(7-8-12(10)14)5-3-4-6-13(16)15-2/h7-9H,3-6H2,1-2H3,(H,15,16). The summed E-state index contributed by atoms with van der Waals surface area (Å²) in [4.78, 5) is 11.0. The average molecular weight is 331 g/mol. The Balaban J connectivity index is 2.32. The van der Waals surface area contributed by atoms with Gasteiger partial charge in [0, 0.05) is 17.0 Å². The Hall–Kier alpha value is -0.580. The SMILES string of the molecule is CNC(=O)CCCCc1ccc(I)c(C)c1. The summed E-state index contributed by atoms with van der Waals surface area (Å²) in [6, 6.07) is 6.57. The third kappa shape index (κ3) is 4.51. The number of nitrogens with one attached hydrogen (secondary N) is 1. The number of carbonyl (C=O) groups excluding carboxylic acids is 1. The molecule has 0 aromatic heterocycles. The van der Waals surface area contributed by atoms with Crippen molar-refractivity contribution in [1.82, 2.24) is 5.32 Å². The zero-order chi connectivity index (χ0) is 12.0. The van der Waals surface area contributed by atoms with E-state index in [-0.39, 0.29) is 5.91 Å². The highest BCUT2D eigenvalue weighted by molar-refractivity contribution is 14.1. The summed E-state index contributed by atoms with van der Waals surface area (Å²) >= 11 is 2.35. The molecule has 0 aliphatic heterocycles. The normalized spacial score (nSPS) is 10.2. The first-order valence-electron chi connectivity index (χ1n) is 5.59. The van der Waals surface area contributed by atoms with Crippen molar-refractivity contribution in [2.24, 2.45) is 0 Å². The Morgan fingerprint density at radius 2 is 2.12 bits per heavy atom. The van der Waals surface area contributed by atoms with Gasteiger partial charge in [-0.15, -0.1) is 0 Å². The van der Waals surface area contributed by atoms with Gasteiger partial charge in [-0.25, -0.2) is 0 Å². The summed E-state index contributed by atoms with van der Waals surface area (Å²) in [6.07, 6.45) is 3.74. The van der Waals surface area contributed by atoms with Crippen LogP contribution in [0.5, 0.6) is 0 Å². The summed E-state index contributed by atoms with van der Waals surface area (Å²) in [5, 5.41) is 2.64. The minimum absolute atomic E-state index is 0.138. The van der Waals surface area contributed by atoms with E-state index < -0.39 is 0 Å². The number of carbonyl (C=O) groups is 1. The van der Waals surface area contributed by atoms with Gasteiger partial charge in [0.15, 0.2) is 0 Å². The van der Waals surface area contributed by atoms with Crippen LogP contribution in [0.2, 0.25) is 0 Å². The van der Waals surface area contributed by atoms with E-state index in [0.717, 1.165) is 19.3 Å². The molecule has 1 aromatic rings. The molecular formula is C13H18INO. The molecule has 1 N–H and O–H groups in total. The molecule has 0 fully saturated rings. The zero-order valence-corrected chi connectivity index (χ0v) is 12.0. The lowest BCUT2D eigenvalue weighted by molar-refractivity contribution is -0.120. The lowest BCUT2D eigenvalue weighted by atomic mass is 10.0. The smallest absolute Gasteiger partial charge is 0.219 e. The molecular weight excluding hydrogens is 313 g/mol. The second kappa shape index (κ2) is 6.89. The van der Waals surface area contributed by atoms with Crippen LogP contribution in [0, 0.1) is 10.5 Å². The van der Waals surface area contributed by atoms with Crippen LogP contribution in [0.4, 0.5) is 0 Å². The highest BCUT2D eigenvalue weighted by Crippen LogP contribution is 2.15. The van der Waals surface area contributed by atoms with Gasteiger partial charge in [0.25, 0.3) is 0 Å². The third-order valence-corrected chi connectivity index (χ3v) is 3.83. The van der Waals surface area contributed by atoms with E-state index in [0.29, 0.717) is 6.42 Å². The summed E-state index contributed by atoms with van der Waals surface area (Å²) in [6.45, 7) is 2.13. The fraction of sp³-hybridized carbons (Fsp3) is 0.462. The topological polar surface area (TPSA) is 29.1 Å². The molecule has 1 rings (SSSR count). The molecule has 0 unspecified atom stereocenters. The Labute approximate surface area is 111 Å². The maximum Gasteiger partial charge on any atom is 0.219 e. The molecule has 0 radical (unpaired) electrons. The van der Waals surface area contributed by atoms with E-state index in [1.807, 2.05) is 0 Å². The Kier molecular flexibility index (Phi) is 5.80. The number of amides is 1. The van der Waals surface area contributed by atoms with Crippen LogP contribution in [0.3, 0.4) is 0 Å². The van der Waals surface area contributed by atoms with Crippen LogP contribution in [0.15, 0.2) is 18.2 Å². The summed E-state index contributed by atoms with van der Waals surface area (Å²) in [5.41, 5.74) is 2.71. The average Bonchev–Trinajstić information content (AvgIpc) is 2.28. The van der Waals surface area contributed by atoms with Crippen molar-refractivity contribution in [2.45, 2.75) is 32.6 Å². The van der Waals surface area contributed by atoms with Crippen LogP contribution in [-0.2, 0) is 11.2 Å². The van der Waals surface area contributed by atoms with Crippen LogP contribution in [0.1, 0.15) is 30.4 Å². The lowest BCUT2D eigenvalue weighted by Gasteiger charge is -2.04. The highest BCUT2D eigenvalue weighted by Gasteiger charge is 2.00. The molecule has 3 heteroatoms. The highest BCUT2D eigenvalue weighted by atomic mass is 127. The minimum atomic E-state index is 0.138. The quantitative estimate of drug-likeness (QED) is 0.652. The Morgan fingerprint density at radius 1 is 1.38 bits per heavy atom. The van der Waals surface area contributed by atoms with Crippen molar-refractivity contribution in [3.63, 3.8) is 0 Å². The summed E-state index contributed by atoms with van der Waals surface area (Å²) in [5.74, 6) is 0.138. The lowest BCUT2D eigenvalue weighted by Crippen LogP contribution is -2.16. The molecule has 0 bridgehead atoms. The summed E-state index contributed by atoms with van der Waals surface area (Å²) in [7, 11) is 1.69. The Morgan fingerprint density at radius 3 is 2.75 bits per heavy atom. The van der Waals surface area contributed by atoms with Crippen molar-refractivity contribution < 1.29 is 4.79 Å². The molecule has 2 nitrogen and oxygen atoms in total. The van der Waals surface area contributed by atoms with Crippen molar-refractivity contribution in [1.29, 1.82) is 0 Å². The van der Waals surface area contributed by atoms with E-state index >= 15 is 0 Å². The summed E-state index contributed by atoms with van der Waals surface area (Å²) < 4.78 is 1.31. The van der Waals surface area contributed by atoms with Gasteiger partial charge in [-0.2, -0.15) is 0 Å². The predicted octanol–water partition coefficient (Wildman–Crippen LogP) is 3.06. The molecule has 88 valence electrons. The maximum absolute atomic E-state index is 11.0. The van der Waals surface area contributed by atoms with Crippen LogP contribution in [-0.4, -0.2) is 13.0 Å². The second-order valence-corrected chi connectivity index (χ2v) is 5.13. The predicted molar refractivity (Wildman–Crippen MR) is 75.5 cm³/mol. The molecule has 0 spiro atoms. The van der Waals surface area contributed by atoms with E-state index in [1.54, 1.807) is 7.05 Å². The molecule has 1 aromatic carbocycles. The molecule has 0 aliphatic rings. The fourth-order valence-electron chi connectivity index (χ4n) is 1.60. The van der Waals surface area contributed by atoms with Gasteiger partial charge in [-0.05, 0) is 66.0 Å². The first-order chi connectivity index (χ1) is 7.63. The third-order valence-electron chi connectivity index (χ3n) is 2.62. The number of rotatable bonds is 5. The first kappa shape index (κ1) is 13.5. The van der Waals surface area contributed by atoms with Crippen molar-refractivity contribution in [3.8, 4) is 0 Å². The fourth-order valence-corrected chi connectivity index (χ4v) is 1.94. The van der Waals surface area contributed by atoms with Crippen molar-refractivity contribution >= 4 is 28.5 Å². The number of aryl methyl sites for hydroxylation is 2. The van der Waals surface area contributed by atoms with E-state index in [2.05, 4.69) is 53.0 Å². The van der Waals surface area contributed by atoms with Gasteiger partial charge >= 0.3 is 0 Å². The van der Waals surface area contributed by atoms with Crippen LogP contribution < -0.4 is 5.32 Å². The molecule has 0 aliphatic carbocycles. The number of halogens is 1. The zero-order valence-electron chi connectivity index (χ0n) is 9.85. The van der Waals surface area contributed by atoms with Crippen LogP contribution >= 0.6 is 22.6 Å². The van der Waals surface area contributed by atoms with E-state index in [4.69, 9.17) is 0 Å². The maximum atomic E-state index is 11.0. The van der Waals surface area contributed by atoms with Crippen LogP contribution in [0.25, 0.3) is 0 Å². The molecule has 1 amide bonds. The van der Waals surface area contributed by atoms with Gasteiger partial charge in [-0.1, -0.05) is 12.1 Å². The molecule has 16 heavy (non-hydrogen) atoms. The van der Waals surface area contributed by atoms with Gasteiger partial charge in [0.1, 0.15) is 0 Å². The largest absolute Gasteiger partial charge is 0.359 e. The van der Waals surface area contributed by atoms with Gasteiger partial charge in [0.2, 0.25) is 5.91 Å². The number of hydrogen-bond donors (Lipinski definition) is 1. The van der Waals surface area contributed by atoms with Crippen molar-refractivity contribution in [2.75, 3.05) is 7.05 Å². The molecule has 0 saturated carbocycles. The van der Waals surface area contributed by atoms with Crippen molar-refractivity contribution in [3.05, 3.63) is 32.9 Å². The second-order valence-electron chi connectivity index (χ2n) is 3.96. The van der Waals surface area contributed by atoms with Gasteiger partial charge < -0.3 is 5.32 Å². The molecule has 0 saturated heterocycles. The molecule has 0 atom stereocenters. The minimum Gasteiger partial charge on any atom is -0.359 e.